The molecule has 1 saturated carbocycles. The Bertz CT molecular complexity index is 690. The summed E-state index contributed by atoms with van der Waals surface area (Å²) in [6.07, 6.45) is 4.29. The number of aryl methyl sites for hydroxylation is 1. The number of amides is 1. The summed E-state index contributed by atoms with van der Waals surface area (Å²) < 4.78 is 5.74. The molecule has 6 nitrogen and oxygen atoms in total. The van der Waals surface area contributed by atoms with Gasteiger partial charge in [-0.3, -0.25) is 9.59 Å². The minimum atomic E-state index is -0.361. The monoisotopic (exact) mass is 333 g/mol. The summed E-state index contributed by atoms with van der Waals surface area (Å²) in [6.45, 7) is 8.43. The molecule has 0 unspecified atom stereocenters. The first kappa shape index (κ1) is 17.1. The number of aromatic amines is 1. The van der Waals surface area contributed by atoms with E-state index in [1.54, 1.807) is 6.92 Å². The van der Waals surface area contributed by atoms with E-state index in [9.17, 15) is 9.59 Å². The van der Waals surface area contributed by atoms with Crippen LogP contribution in [0.15, 0.2) is 4.79 Å². The van der Waals surface area contributed by atoms with E-state index in [4.69, 9.17) is 4.74 Å². The zero-order chi connectivity index (χ0) is 17.5. The second-order valence-electron chi connectivity index (χ2n) is 8.00. The highest BCUT2D eigenvalue weighted by molar-refractivity contribution is 5.95. The van der Waals surface area contributed by atoms with Crippen LogP contribution < -0.4 is 10.9 Å². The van der Waals surface area contributed by atoms with Crippen molar-refractivity contribution < 1.29 is 9.53 Å². The molecule has 0 radical (unpaired) electrons. The third-order valence-corrected chi connectivity index (χ3v) is 5.14. The Kier molecular flexibility index (Phi) is 4.51. The summed E-state index contributed by atoms with van der Waals surface area (Å²) >= 11 is 0. The summed E-state index contributed by atoms with van der Waals surface area (Å²) in [6, 6.07) is 0.0832. The average molecular weight is 333 g/mol. The van der Waals surface area contributed by atoms with Crippen LogP contribution in [0.2, 0.25) is 0 Å². The van der Waals surface area contributed by atoms with Crippen molar-refractivity contribution in [3.8, 4) is 0 Å². The van der Waals surface area contributed by atoms with Crippen molar-refractivity contribution in [3.05, 3.63) is 27.4 Å². The Morgan fingerprint density at radius 3 is 2.71 bits per heavy atom. The number of carbonyl (C=O) groups is 1. The van der Waals surface area contributed by atoms with E-state index < -0.39 is 0 Å². The number of aromatic nitrogens is 2. The van der Waals surface area contributed by atoms with Gasteiger partial charge in [0.05, 0.1) is 11.8 Å². The van der Waals surface area contributed by atoms with Crippen molar-refractivity contribution in [1.82, 2.24) is 15.3 Å². The summed E-state index contributed by atoms with van der Waals surface area (Å²) in [4.78, 5) is 32.3. The molecule has 2 heterocycles. The predicted molar refractivity (Wildman–Crippen MR) is 91.2 cm³/mol. The SMILES string of the molecule is Cc1nc(C(C)(C)C)[nH]c(=O)c1C(=O)N[C@@H]1CCC[C@@H]2OCC[C@@H]21. The van der Waals surface area contributed by atoms with Crippen LogP contribution >= 0.6 is 0 Å². The molecular weight excluding hydrogens is 306 g/mol. The van der Waals surface area contributed by atoms with Crippen molar-refractivity contribution in [2.45, 2.75) is 70.9 Å². The van der Waals surface area contributed by atoms with Gasteiger partial charge >= 0.3 is 0 Å². The van der Waals surface area contributed by atoms with Gasteiger partial charge in [-0.1, -0.05) is 20.8 Å². The molecule has 6 heteroatoms. The van der Waals surface area contributed by atoms with Crippen molar-refractivity contribution in [1.29, 1.82) is 0 Å². The minimum Gasteiger partial charge on any atom is -0.378 e. The molecule has 1 aromatic heterocycles. The zero-order valence-electron chi connectivity index (χ0n) is 14.9. The lowest BCUT2D eigenvalue weighted by atomic mass is 9.81. The van der Waals surface area contributed by atoms with Gasteiger partial charge in [-0.2, -0.15) is 0 Å². The lowest BCUT2D eigenvalue weighted by molar-refractivity contribution is 0.0510. The smallest absolute Gasteiger partial charge is 0.264 e. The minimum absolute atomic E-state index is 0.0832. The molecular formula is C18H27N3O3. The third-order valence-electron chi connectivity index (χ3n) is 5.14. The van der Waals surface area contributed by atoms with Gasteiger partial charge in [0.15, 0.2) is 0 Å². The first-order valence-electron chi connectivity index (χ1n) is 8.81. The van der Waals surface area contributed by atoms with E-state index >= 15 is 0 Å². The summed E-state index contributed by atoms with van der Waals surface area (Å²) in [7, 11) is 0. The van der Waals surface area contributed by atoms with Crippen LogP contribution in [-0.2, 0) is 10.2 Å². The fourth-order valence-electron chi connectivity index (χ4n) is 3.80. The molecule has 3 atom stereocenters. The van der Waals surface area contributed by atoms with Crippen LogP contribution in [0.3, 0.4) is 0 Å². The van der Waals surface area contributed by atoms with Gasteiger partial charge in [-0.05, 0) is 32.6 Å². The molecule has 132 valence electrons. The normalized spacial score (nSPS) is 26.9. The van der Waals surface area contributed by atoms with Crippen molar-refractivity contribution in [3.63, 3.8) is 0 Å². The Labute approximate surface area is 142 Å². The zero-order valence-corrected chi connectivity index (χ0v) is 14.9. The standard InChI is InChI=1S/C18H27N3O3/c1-10-14(16(23)21-17(19-10)18(2,3)4)15(22)20-12-6-5-7-13-11(12)8-9-24-13/h11-13H,5-9H2,1-4H3,(H,20,22)(H,19,21,23)/t11-,12-,13+/m1/s1. The van der Waals surface area contributed by atoms with E-state index in [1.807, 2.05) is 20.8 Å². The van der Waals surface area contributed by atoms with Gasteiger partial charge in [0, 0.05) is 24.0 Å². The van der Waals surface area contributed by atoms with Gasteiger partial charge in [0.2, 0.25) is 0 Å². The first-order valence-corrected chi connectivity index (χ1v) is 8.81. The summed E-state index contributed by atoms with van der Waals surface area (Å²) in [5.41, 5.74) is -0.0170. The van der Waals surface area contributed by atoms with Crippen LogP contribution in [-0.4, -0.2) is 34.6 Å². The van der Waals surface area contributed by atoms with E-state index in [-0.39, 0.29) is 34.6 Å². The van der Waals surface area contributed by atoms with Gasteiger partial charge in [0.1, 0.15) is 11.4 Å². The highest BCUT2D eigenvalue weighted by Crippen LogP contribution is 2.34. The second-order valence-corrected chi connectivity index (χ2v) is 8.00. The van der Waals surface area contributed by atoms with Gasteiger partial charge in [-0.25, -0.2) is 4.98 Å². The molecule has 2 fully saturated rings. The molecule has 0 bridgehead atoms. The number of nitrogens with one attached hydrogen (secondary N) is 2. The molecule has 24 heavy (non-hydrogen) atoms. The fourth-order valence-corrected chi connectivity index (χ4v) is 3.80. The average Bonchev–Trinajstić information content (AvgIpc) is 2.95. The highest BCUT2D eigenvalue weighted by Gasteiger charge is 2.38. The Morgan fingerprint density at radius 1 is 1.29 bits per heavy atom. The number of rotatable bonds is 2. The number of carbonyl (C=O) groups excluding carboxylic acids is 1. The Morgan fingerprint density at radius 2 is 2.04 bits per heavy atom. The number of ether oxygens (including phenoxy) is 1. The molecule has 1 aliphatic carbocycles. The molecule has 1 aromatic rings. The van der Waals surface area contributed by atoms with Crippen LogP contribution in [0.4, 0.5) is 0 Å². The molecule has 1 amide bonds. The van der Waals surface area contributed by atoms with E-state index in [0.717, 1.165) is 32.3 Å². The maximum atomic E-state index is 12.7. The maximum Gasteiger partial charge on any atom is 0.264 e. The number of fused-ring (bicyclic) bond motifs is 1. The van der Waals surface area contributed by atoms with E-state index in [2.05, 4.69) is 15.3 Å². The van der Waals surface area contributed by atoms with Crippen molar-refractivity contribution in [2.75, 3.05) is 6.61 Å². The van der Waals surface area contributed by atoms with Crippen LogP contribution in [0.1, 0.15) is 68.3 Å². The van der Waals surface area contributed by atoms with Crippen molar-refractivity contribution in [2.24, 2.45) is 5.92 Å². The maximum absolute atomic E-state index is 12.7. The van der Waals surface area contributed by atoms with Gasteiger partial charge in [-0.15, -0.1) is 0 Å². The molecule has 0 spiro atoms. The van der Waals surface area contributed by atoms with E-state index in [0.29, 0.717) is 17.4 Å². The third kappa shape index (κ3) is 3.24. The topological polar surface area (TPSA) is 84.1 Å². The quantitative estimate of drug-likeness (QED) is 0.868. The van der Waals surface area contributed by atoms with Crippen LogP contribution in [0, 0.1) is 12.8 Å². The largest absolute Gasteiger partial charge is 0.378 e. The number of H-pyrrole nitrogens is 1. The Hall–Kier alpha value is -1.69. The molecule has 2 N–H and O–H groups in total. The molecule has 3 rings (SSSR count). The first-order chi connectivity index (χ1) is 11.3. The lowest BCUT2D eigenvalue weighted by Crippen LogP contribution is -2.47. The summed E-state index contributed by atoms with van der Waals surface area (Å²) in [5.74, 6) is 0.645. The molecule has 2 aliphatic rings. The van der Waals surface area contributed by atoms with Crippen LogP contribution in [0.5, 0.6) is 0 Å². The summed E-state index contributed by atoms with van der Waals surface area (Å²) in [5, 5.41) is 3.07. The van der Waals surface area contributed by atoms with Gasteiger partial charge < -0.3 is 15.0 Å². The van der Waals surface area contributed by atoms with E-state index in [1.165, 1.54) is 0 Å². The lowest BCUT2D eigenvalue weighted by Gasteiger charge is -2.33. The second kappa shape index (κ2) is 6.31. The number of hydrogen-bond acceptors (Lipinski definition) is 4. The highest BCUT2D eigenvalue weighted by atomic mass is 16.5. The molecule has 1 saturated heterocycles. The fraction of sp³-hybridized carbons (Fsp3) is 0.722. The predicted octanol–water partition coefficient (Wildman–Crippen LogP) is 2.06. The molecule has 1 aliphatic heterocycles. The van der Waals surface area contributed by atoms with Crippen LogP contribution in [0.25, 0.3) is 0 Å². The Balaban J connectivity index is 1.81. The van der Waals surface area contributed by atoms with Crippen molar-refractivity contribution >= 4 is 5.91 Å². The number of nitrogens with zero attached hydrogens (tertiary/aromatic N) is 1. The van der Waals surface area contributed by atoms with Gasteiger partial charge in [0.25, 0.3) is 11.5 Å². The number of hydrogen-bond donors (Lipinski definition) is 2. The molecule has 0 aromatic carbocycles.